The molecule has 0 radical (unpaired) electrons. The molecule has 8 heteroatoms. The first-order valence-electron chi connectivity index (χ1n) is 7.44. The SMILES string of the molecule is CC(Oc1ccc(N(C)S(C)(=O)=O)cc1)C(=O)Nc1ccccc1Cl. The second kappa shape index (κ2) is 7.76. The van der Waals surface area contributed by atoms with Crippen LogP contribution in [0.4, 0.5) is 11.4 Å². The Kier molecular flexibility index (Phi) is 5.92. The highest BCUT2D eigenvalue weighted by molar-refractivity contribution is 7.92. The summed E-state index contributed by atoms with van der Waals surface area (Å²) in [6, 6.07) is 13.3. The van der Waals surface area contributed by atoms with Crippen LogP contribution in [0.2, 0.25) is 5.02 Å². The molecule has 0 spiro atoms. The van der Waals surface area contributed by atoms with Gasteiger partial charge in [0.15, 0.2) is 6.10 Å². The number of nitrogens with zero attached hydrogens (tertiary/aromatic N) is 1. The Labute approximate surface area is 152 Å². The molecule has 0 aliphatic heterocycles. The monoisotopic (exact) mass is 382 g/mol. The van der Waals surface area contributed by atoms with Gasteiger partial charge in [0.1, 0.15) is 5.75 Å². The van der Waals surface area contributed by atoms with E-state index in [1.807, 2.05) is 0 Å². The molecule has 0 bridgehead atoms. The fourth-order valence-electron chi connectivity index (χ4n) is 1.98. The van der Waals surface area contributed by atoms with E-state index in [2.05, 4.69) is 5.32 Å². The highest BCUT2D eigenvalue weighted by Crippen LogP contribution is 2.23. The van der Waals surface area contributed by atoms with Gasteiger partial charge >= 0.3 is 0 Å². The van der Waals surface area contributed by atoms with E-state index in [0.717, 1.165) is 10.6 Å². The van der Waals surface area contributed by atoms with Crippen LogP contribution in [0.1, 0.15) is 6.92 Å². The van der Waals surface area contributed by atoms with Gasteiger partial charge in [0.2, 0.25) is 10.0 Å². The minimum absolute atomic E-state index is 0.342. The molecule has 25 heavy (non-hydrogen) atoms. The Hall–Kier alpha value is -2.25. The number of anilines is 2. The van der Waals surface area contributed by atoms with Crippen LogP contribution in [0.3, 0.4) is 0 Å². The summed E-state index contributed by atoms with van der Waals surface area (Å²) >= 11 is 6.01. The minimum Gasteiger partial charge on any atom is -0.481 e. The number of hydrogen-bond donors (Lipinski definition) is 1. The van der Waals surface area contributed by atoms with Crippen molar-refractivity contribution in [3.05, 3.63) is 53.6 Å². The summed E-state index contributed by atoms with van der Waals surface area (Å²) in [7, 11) is -1.86. The fraction of sp³-hybridized carbons (Fsp3) is 0.235. The van der Waals surface area contributed by atoms with E-state index < -0.39 is 16.1 Å². The molecule has 1 atom stereocenters. The fourth-order valence-corrected chi connectivity index (χ4v) is 2.67. The number of para-hydroxylation sites is 1. The summed E-state index contributed by atoms with van der Waals surface area (Å²) < 4.78 is 29.8. The molecular formula is C17H19ClN2O4S. The van der Waals surface area contributed by atoms with Gasteiger partial charge in [-0.25, -0.2) is 8.42 Å². The lowest BCUT2D eigenvalue weighted by atomic mass is 10.2. The molecular weight excluding hydrogens is 364 g/mol. The van der Waals surface area contributed by atoms with Crippen molar-refractivity contribution in [3.63, 3.8) is 0 Å². The van der Waals surface area contributed by atoms with E-state index in [9.17, 15) is 13.2 Å². The van der Waals surface area contributed by atoms with E-state index in [1.165, 1.54) is 7.05 Å². The molecule has 2 aromatic carbocycles. The van der Waals surface area contributed by atoms with E-state index in [1.54, 1.807) is 55.5 Å². The minimum atomic E-state index is -3.33. The smallest absolute Gasteiger partial charge is 0.265 e. The molecule has 1 unspecified atom stereocenters. The number of amides is 1. The quantitative estimate of drug-likeness (QED) is 0.832. The maximum Gasteiger partial charge on any atom is 0.265 e. The molecule has 2 rings (SSSR count). The van der Waals surface area contributed by atoms with Gasteiger partial charge in [0.05, 0.1) is 22.7 Å². The lowest BCUT2D eigenvalue weighted by molar-refractivity contribution is -0.122. The number of hydrogen-bond acceptors (Lipinski definition) is 4. The average Bonchev–Trinajstić information content (AvgIpc) is 2.56. The third-order valence-corrected chi connectivity index (χ3v) is 5.05. The van der Waals surface area contributed by atoms with Crippen LogP contribution < -0.4 is 14.4 Å². The van der Waals surface area contributed by atoms with Crippen molar-refractivity contribution in [2.45, 2.75) is 13.0 Å². The van der Waals surface area contributed by atoms with E-state index in [-0.39, 0.29) is 5.91 Å². The highest BCUT2D eigenvalue weighted by Gasteiger charge is 2.17. The molecule has 134 valence electrons. The molecule has 0 fully saturated rings. The third kappa shape index (κ3) is 5.11. The van der Waals surface area contributed by atoms with Crippen molar-refractivity contribution in [2.75, 3.05) is 22.9 Å². The number of nitrogens with one attached hydrogen (secondary N) is 1. The number of rotatable bonds is 6. The molecule has 1 amide bonds. The van der Waals surface area contributed by atoms with Crippen LogP contribution in [-0.4, -0.2) is 33.7 Å². The number of benzene rings is 2. The summed E-state index contributed by atoms with van der Waals surface area (Å²) in [5.74, 6) is 0.109. The molecule has 0 heterocycles. The zero-order chi connectivity index (χ0) is 18.6. The van der Waals surface area contributed by atoms with Gasteiger partial charge in [-0.15, -0.1) is 0 Å². The summed E-state index contributed by atoms with van der Waals surface area (Å²) in [5.41, 5.74) is 1.01. The van der Waals surface area contributed by atoms with Crippen LogP contribution in [-0.2, 0) is 14.8 Å². The Morgan fingerprint density at radius 2 is 1.76 bits per heavy atom. The van der Waals surface area contributed by atoms with Crippen LogP contribution in [0.5, 0.6) is 5.75 Å². The van der Waals surface area contributed by atoms with Crippen molar-refractivity contribution in [2.24, 2.45) is 0 Å². The van der Waals surface area contributed by atoms with Crippen LogP contribution in [0.15, 0.2) is 48.5 Å². The number of sulfonamides is 1. The van der Waals surface area contributed by atoms with E-state index in [4.69, 9.17) is 16.3 Å². The van der Waals surface area contributed by atoms with Gasteiger partial charge in [-0.1, -0.05) is 23.7 Å². The Morgan fingerprint density at radius 1 is 1.16 bits per heavy atom. The Balaban J connectivity index is 2.02. The summed E-state index contributed by atoms with van der Waals surface area (Å²) in [6.45, 7) is 1.61. The van der Waals surface area contributed by atoms with Gasteiger partial charge in [0, 0.05) is 7.05 Å². The number of carbonyl (C=O) groups is 1. The van der Waals surface area contributed by atoms with Gasteiger partial charge in [0.25, 0.3) is 5.91 Å². The molecule has 0 saturated carbocycles. The molecule has 0 aromatic heterocycles. The second-order valence-electron chi connectivity index (χ2n) is 5.45. The lowest BCUT2D eigenvalue weighted by Gasteiger charge is -2.18. The van der Waals surface area contributed by atoms with Gasteiger partial charge in [-0.2, -0.15) is 0 Å². The summed E-state index contributed by atoms with van der Waals surface area (Å²) in [5, 5.41) is 3.14. The molecule has 2 aromatic rings. The first-order chi connectivity index (χ1) is 11.7. The second-order valence-corrected chi connectivity index (χ2v) is 7.87. The van der Waals surface area contributed by atoms with Gasteiger partial charge < -0.3 is 10.1 Å². The highest BCUT2D eigenvalue weighted by atomic mass is 35.5. The molecule has 0 aliphatic carbocycles. The van der Waals surface area contributed by atoms with Crippen molar-refractivity contribution < 1.29 is 17.9 Å². The normalized spacial score (nSPS) is 12.3. The molecule has 0 aliphatic rings. The summed E-state index contributed by atoms with van der Waals surface area (Å²) in [6.07, 6.45) is 0.369. The maximum atomic E-state index is 12.2. The van der Waals surface area contributed by atoms with Crippen LogP contribution >= 0.6 is 11.6 Å². The predicted octanol–water partition coefficient (Wildman–Crippen LogP) is 3.14. The van der Waals surface area contributed by atoms with Crippen LogP contribution in [0, 0.1) is 0 Å². The number of carbonyl (C=O) groups excluding carboxylic acids is 1. The first kappa shape index (κ1) is 19.1. The third-order valence-electron chi connectivity index (χ3n) is 3.51. The van der Waals surface area contributed by atoms with Gasteiger partial charge in [-0.3, -0.25) is 9.10 Å². The van der Waals surface area contributed by atoms with Crippen LogP contribution in [0.25, 0.3) is 0 Å². The zero-order valence-electron chi connectivity index (χ0n) is 14.1. The number of halogens is 1. The largest absolute Gasteiger partial charge is 0.481 e. The summed E-state index contributed by atoms with van der Waals surface area (Å²) in [4.78, 5) is 12.2. The van der Waals surface area contributed by atoms with E-state index in [0.29, 0.717) is 22.1 Å². The molecule has 6 nitrogen and oxygen atoms in total. The standard InChI is InChI=1S/C17H19ClN2O4S/c1-12(17(21)19-16-7-5-4-6-15(16)18)24-14-10-8-13(9-11-14)20(2)25(3,22)23/h4-12H,1-3H3,(H,19,21). The Bertz CT molecular complexity index is 853. The number of ether oxygens (including phenoxy) is 1. The molecule has 0 saturated heterocycles. The maximum absolute atomic E-state index is 12.2. The van der Waals surface area contributed by atoms with E-state index >= 15 is 0 Å². The lowest BCUT2D eigenvalue weighted by Crippen LogP contribution is -2.30. The first-order valence-corrected chi connectivity index (χ1v) is 9.67. The van der Waals surface area contributed by atoms with Crippen molar-refractivity contribution in [1.82, 2.24) is 0 Å². The van der Waals surface area contributed by atoms with Crippen molar-refractivity contribution in [1.29, 1.82) is 0 Å². The zero-order valence-corrected chi connectivity index (χ0v) is 15.6. The predicted molar refractivity (Wildman–Crippen MR) is 99.9 cm³/mol. The Morgan fingerprint density at radius 3 is 2.32 bits per heavy atom. The van der Waals surface area contributed by atoms with Gasteiger partial charge in [-0.05, 0) is 43.3 Å². The van der Waals surface area contributed by atoms with Crippen molar-refractivity contribution >= 4 is 38.9 Å². The topological polar surface area (TPSA) is 75.7 Å². The molecule has 1 N–H and O–H groups in total. The van der Waals surface area contributed by atoms with Crippen molar-refractivity contribution in [3.8, 4) is 5.75 Å². The average molecular weight is 383 g/mol.